The number of fused-ring (bicyclic) bond motifs is 2. The summed E-state index contributed by atoms with van der Waals surface area (Å²) in [6.45, 7) is 1.20. The van der Waals surface area contributed by atoms with Gasteiger partial charge in [-0.2, -0.15) is 5.10 Å². The maximum atomic E-state index is 12.3. The Balaban J connectivity index is 1.46. The Morgan fingerprint density at radius 3 is 2.62 bits per heavy atom. The zero-order valence-corrected chi connectivity index (χ0v) is 14.1. The fourth-order valence-electron chi connectivity index (χ4n) is 2.82. The summed E-state index contributed by atoms with van der Waals surface area (Å²) in [5.41, 5.74) is 3.95. The third-order valence-corrected chi connectivity index (χ3v) is 4.16. The summed E-state index contributed by atoms with van der Waals surface area (Å²) < 4.78 is 11.2. The first-order chi connectivity index (χ1) is 12.8. The van der Waals surface area contributed by atoms with Crippen molar-refractivity contribution in [3.63, 3.8) is 0 Å². The van der Waals surface area contributed by atoms with E-state index in [0.29, 0.717) is 30.3 Å². The topological polar surface area (TPSA) is 59.9 Å². The molecule has 0 atom stereocenters. The van der Waals surface area contributed by atoms with Crippen LogP contribution in [-0.4, -0.2) is 25.3 Å². The number of hydrogen-bond donors (Lipinski definition) is 1. The minimum atomic E-state index is -0.294. The quantitative estimate of drug-likeness (QED) is 0.580. The molecule has 1 aliphatic rings. The Hall–Kier alpha value is -3.34. The maximum Gasteiger partial charge on any atom is 0.271 e. The second kappa shape index (κ2) is 7.27. The van der Waals surface area contributed by atoms with Gasteiger partial charge in [0.05, 0.1) is 19.4 Å². The van der Waals surface area contributed by atoms with Crippen molar-refractivity contribution in [2.24, 2.45) is 5.10 Å². The summed E-state index contributed by atoms with van der Waals surface area (Å²) in [5, 5.41) is 6.36. The molecule has 3 aromatic carbocycles. The van der Waals surface area contributed by atoms with Gasteiger partial charge in [-0.25, -0.2) is 5.43 Å². The van der Waals surface area contributed by atoms with Crippen LogP contribution >= 0.6 is 0 Å². The van der Waals surface area contributed by atoms with Crippen LogP contribution in [0.25, 0.3) is 10.8 Å². The van der Waals surface area contributed by atoms with Gasteiger partial charge in [0.15, 0.2) is 11.5 Å². The third kappa shape index (κ3) is 3.52. The zero-order valence-electron chi connectivity index (χ0n) is 14.1. The van der Waals surface area contributed by atoms with Crippen LogP contribution in [0, 0.1) is 0 Å². The van der Waals surface area contributed by atoms with E-state index >= 15 is 0 Å². The van der Waals surface area contributed by atoms with Crippen LogP contribution in [0.2, 0.25) is 0 Å². The lowest BCUT2D eigenvalue weighted by atomic mass is 10.1. The van der Waals surface area contributed by atoms with Crippen LogP contribution in [0.5, 0.6) is 11.5 Å². The highest BCUT2D eigenvalue weighted by Gasteiger charge is 2.13. The van der Waals surface area contributed by atoms with Crippen molar-refractivity contribution in [3.05, 3.63) is 71.8 Å². The van der Waals surface area contributed by atoms with Crippen molar-refractivity contribution in [2.75, 3.05) is 13.2 Å². The number of carbonyl (C=O) groups is 1. The van der Waals surface area contributed by atoms with Crippen LogP contribution in [-0.2, 0) is 0 Å². The monoisotopic (exact) mass is 346 g/mol. The number of amides is 1. The molecule has 3 aromatic rings. The fraction of sp³-hybridized carbons (Fsp3) is 0.143. The molecule has 5 heteroatoms. The number of hydrazone groups is 1. The van der Waals surface area contributed by atoms with E-state index in [2.05, 4.69) is 16.6 Å². The van der Waals surface area contributed by atoms with Crippen LogP contribution in [0.1, 0.15) is 22.3 Å². The van der Waals surface area contributed by atoms with Crippen molar-refractivity contribution < 1.29 is 14.3 Å². The Bertz CT molecular complexity index is 982. The normalized spacial score (nSPS) is 13.5. The minimum absolute atomic E-state index is 0.294. The fourth-order valence-corrected chi connectivity index (χ4v) is 2.82. The standard InChI is InChI=1S/C21H18N2O3/c24-21(18-8-9-19-20(13-18)26-11-3-10-25-19)23-22-14-15-6-7-16-4-1-2-5-17(16)12-15/h1-2,4-9,12-14H,3,10-11H2,(H,23,24)/b22-14+. The largest absolute Gasteiger partial charge is 0.490 e. The van der Waals surface area contributed by atoms with Gasteiger partial charge in [-0.3, -0.25) is 4.79 Å². The lowest BCUT2D eigenvalue weighted by Crippen LogP contribution is -2.17. The van der Waals surface area contributed by atoms with E-state index in [1.165, 1.54) is 5.39 Å². The highest BCUT2D eigenvalue weighted by Crippen LogP contribution is 2.30. The second-order valence-electron chi connectivity index (χ2n) is 6.02. The number of hydrogen-bond acceptors (Lipinski definition) is 4. The average molecular weight is 346 g/mol. The second-order valence-corrected chi connectivity index (χ2v) is 6.02. The predicted molar refractivity (Wildman–Crippen MR) is 101 cm³/mol. The predicted octanol–water partition coefficient (Wildman–Crippen LogP) is 3.77. The van der Waals surface area contributed by atoms with E-state index in [1.54, 1.807) is 24.4 Å². The van der Waals surface area contributed by atoms with Gasteiger partial charge >= 0.3 is 0 Å². The molecule has 26 heavy (non-hydrogen) atoms. The average Bonchev–Trinajstić information content (AvgIpc) is 2.92. The van der Waals surface area contributed by atoms with Gasteiger partial charge in [0.25, 0.3) is 5.91 Å². The van der Waals surface area contributed by atoms with Gasteiger partial charge in [-0.05, 0) is 40.6 Å². The molecule has 0 aliphatic carbocycles. The first-order valence-electron chi connectivity index (χ1n) is 8.51. The number of benzene rings is 3. The van der Waals surface area contributed by atoms with Gasteiger partial charge in [0.2, 0.25) is 0 Å². The number of rotatable bonds is 3. The molecule has 0 aromatic heterocycles. The molecule has 0 bridgehead atoms. The lowest BCUT2D eigenvalue weighted by Gasteiger charge is -2.08. The summed E-state index contributed by atoms with van der Waals surface area (Å²) in [7, 11) is 0. The Labute approximate surface area is 151 Å². The first kappa shape index (κ1) is 16.1. The Kier molecular flexibility index (Phi) is 4.51. The van der Waals surface area contributed by atoms with Gasteiger partial charge < -0.3 is 9.47 Å². The van der Waals surface area contributed by atoms with Crippen molar-refractivity contribution in [3.8, 4) is 11.5 Å². The lowest BCUT2D eigenvalue weighted by molar-refractivity contribution is 0.0954. The molecule has 0 unspecified atom stereocenters. The highest BCUT2D eigenvalue weighted by atomic mass is 16.5. The van der Waals surface area contributed by atoms with Gasteiger partial charge in [-0.1, -0.05) is 36.4 Å². The number of nitrogens with zero attached hydrogens (tertiary/aromatic N) is 1. The third-order valence-electron chi connectivity index (χ3n) is 4.16. The smallest absolute Gasteiger partial charge is 0.271 e. The molecule has 1 amide bonds. The van der Waals surface area contributed by atoms with Crippen LogP contribution in [0.4, 0.5) is 0 Å². The minimum Gasteiger partial charge on any atom is -0.490 e. The Morgan fingerprint density at radius 1 is 0.923 bits per heavy atom. The molecule has 1 aliphatic heterocycles. The molecule has 1 N–H and O–H groups in total. The van der Waals surface area contributed by atoms with Crippen molar-refractivity contribution in [2.45, 2.75) is 6.42 Å². The van der Waals surface area contributed by atoms with E-state index in [0.717, 1.165) is 17.4 Å². The van der Waals surface area contributed by atoms with Crippen LogP contribution in [0.15, 0.2) is 65.8 Å². The van der Waals surface area contributed by atoms with Crippen molar-refractivity contribution in [1.82, 2.24) is 5.43 Å². The Morgan fingerprint density at radius 2 is 1.73 bits per heavy atom. The summed E-state index contributed by atoms with van der Waals surface area (Å²) in [4.78, 5) is 12.3. The molecule has 0 saturated carbocycles. The molecular weight excluding hydrogens is 328 g/mol. The van der Waals surface area contributed by atoms with Gasteiger partial charge in [0.1, 0.15) is 0 Å². The zero-order chi connectivity index (χ0) is 17.8. The molecule has 0 saturated heterocycles. The van der Waals surface area contributed by atoms with Crippen LogP contribution in [0.3, 0.4) is 0 Å². The van der Waals surface area contributed by atoms with E-state index in [-0.39, 0.29) is 5.91 Å². The molecule has 0 spiro atoms. The summed E-state index contributed by atoms with van der Waals surface area (Å²) in [6.07, 6.45) is 2.46. The van der Waals surface area contributed by atoms with Crippen LogP contribution < -0.4 is 14.9 Å². The van der Waals surface area contributed by atoms with Gasteiger partial charge in [-0.15, -0.1) is 0 Å². The summed E-state index contributed by atoms with van der Waals surface area (Å²) in [6, 6.07) is 19.3. The number of nitrogens with one attached hydrogen (secondary N) is 1. The highest BCUT2D eigenvalue weighted by molar-refractivity contribution is 5.96. The maximum absolute atomic E-state index is 12.3. The van der Waals surface area contributed by atoms with E-state index < -0.39 is 0 Å². The van der Waals surface area contributed by atoms with E-state index in [9.17, 15) is 4.79 Å². The molecule has 1 heterocycles. The molecule has 0 radical (unpaired) electrons. The SMILES string of the molecule is O=C(N/N=C/c1ccc2ccccc2c1)c1ccc2c(c1)OCCCO2. The van der Waals surface area contributed by atoms with E-state index in [1.807, 2.05) is 36.4 Å². The van der Waals surface area contributed by atoms with Crippen molar-refractivity contribution in [1.29, 1.82) is 0 Å². The first-order valence-corrected chi connectivity index (χ1v) is 8.51. The van der Waals surface area contributed by atoms with E-state index in [4.69, 9.17) is 9.47 Å². The summed E-state index contributed by atoms with van der Waals surface area (Å²) >= 11 is 0. The summed E-state index contributed by atoms with van der Waals surface area (Å²) in [5.74, 6) is 0.963. The number of ether oxygens (including phenoxy) is 2. The molecular formula is C21H18N2O3. The molecule has 130 valence electrons. The number of carbonyl (C=O) groups excluding carboxylic acids is 1. The van der Waals surface area contributed by atoms with Gasteiger partial charge in [0, 0.05) is 12.0 Å². The van der Waals surface area contributed by atoms with Crippen molar-refractivity contribution >= 4 is 22.9 Å². The molecule has 4 rings (SSSR count). The molecule has 0 fully saturated rings. The molecule has 5 nitrogen and oxygen atoms in total.